The van der Waals surface area contributed by atoms with Gasteiger partial charge in [-0.15, -0.1) is 4.48 Å². The van der Waals surface area contributed by atoms with Crippen LogP contribution in [0.3, 0.4) is 0 Å². The summed E-state index contributed by atoms with van der Waals surface area (Å²) < 4.78 is 40.1. The molecule has 1 nitrogen and oxygen atoms in total. The Labute approximate surface area is 87.4 Å². The molecule has 0 aromatic heterocycles. The second-order valence-electron chi connectivity index (χ2n) is 3.85. The third-order valence-corrected chi connectivity index (χ3v) is 1.95. The van der Waals surface area contributed by atoms with E-state index >= 15 is 0 Å². The van der Waals surface area contributed by atoms with Crippen LogP contribution in [-0.2, 0) is 6.05 Å². The van der Waals surface area contributed by atoms with Crippen molar-refractivity contribution in [2.24, 2.45) is 5.92 Å². The van der Waals surface area contributed by atoms with Crippen LogP contribution < -0.4 is 0 Å². The fourth-order valence-corrected chi connectivity index (χ4v) is 1.21. The van der Waals surface area contributed by atoms with Crippen LogP contribution in [-0.4, -0.2) is 11.7 Å². The van der Waals surface area contributed by atoms with Gasteiger partial charge >= 0.3 is 6.05 Å². The average Bonchev–Trinajstić information content (AvgIpc) is 2.18. The highest BCUT2D eigenvalue weighted by atomic mass is 19.3. The lowest BCUT2D eigenvalue weighted by molar-refractivity contribution is -0.248. The monoisotopic (exact) mass is 217 g/mol. The fourth-order valence-electron chi connectivity index (χ4n) is 1.21. The van der Waals surface area contributed by atoms with Gasteiger partial charge in [-0.25, -0.2) is 0 Å². The maximum atomic E-state index is 13.5. The van der Waals surface area contributed by atoms with E-state index in [1.165, 1.54) is 24.3 Å². The second kappa shape index (κ2) is 4.66. The lowest BCUT2D eigenvalue weighted by Gasteiger charge is -2.24. The number of nitrogens with zero attached hydrogens (tertiary/aromatic N) is 1. The minimum Gasteiger partial charge on any atom is -0.181 e. The molecule has 0 unspecified atom stereocenters. The number of halogens is 3. The summed E-state index contributed by atoms with van der Waals surface area (Å²) in [5.41, 5.74) is -0.326. The standard InChI is InChI=1S/C11H14F3N/c1-9(2)8-15(14)11(12,13)10-6-4-3-5-7-10/h3-7,9H,8H2,1-2H3. The van der Waals surface area contributed by atoms with Gasteiger partial charge in [0.2, 0.25) is 0 Å². The van der Waals surface area contributed by atoms with Crippen LogP contribution in [0, 0.1) is 5.92 Å². The van der Waals surface area contributed by atoms with E-state index in [1.807, 2.05) is 0 Å². The van der Waals surface area contributed by atoms with Gasteiger partial charge in [-0.3, -0.25) is 0 Å². The molecule has 0 aliphatic carbocycles. The highest BCUT2D eigenvalue weighted by Crippen LogP contribution is 2.32. The zero-order valence-electron chi connectivity index (χ0n) is 8.75. The molecule has 84 valence electrons. The summed E-state index contributed by atoms with van der Waals surface area (Å²) >= 11 is 0. The van der Waals surface area contributed by atoms with E-state index < -0.39 is 11.2 Å². The van der Waals surface area contributed by atoms with E-state index in [9.17, 15) is 13.3 Å². The van der Waals surface area contributed by atoms with E-state index in [0.717, 1.165) is 0 Å². The van der Waals surface area contributed by atoms with E-state index in [1.54, 1.807) is 19.9 Å². The topological polar surface area (TPSA) is 3.24 Å². The summed E-state index contributed by atoms with van der Waals surface area (Å²) in [6.45, 7) is 3.09. The smallest absolute Gasteiger partial charge is 0.181 e. The van der Waals surface area contributed by atoms with Gasteiger partial charge in [-0.1, -0.05) is 49.3 Å². The van der Waals surface area contributed by atoms with Gasteiger partial charge in [0.1, 0.15) is 0 Å². The lowest BCUT2D eigenvalue weighted by Crippen LogP contribution is -2.35. The Morgan fingerprint density at radius 2 is 1.73 bits per heavy atom. The average molecular weight is 217 g/mol. The number of benzene rings is 1. The van der Waals surface area contributed by atoms with Crippen LogP contribution in [0.15, 0.2) is 30.3 Å². The van der Waals surface area contributed by atoms with Gasteiger partial charge in [0.25, 0.3) is 0 Å². The molecule has 0 saturated heterocycles. The first-order valence-corrected chi connectivity index (χ1v) is 4.81. The maximum absolute atomic E-state index is 13.5. The molecule has 1 aromatic carbocycles. The number of hydrogen-bond donors (Lipinski definition) is 0. The number of hydrogen-bond acceptors (Lipinski definition) is 1. The summed E-state index contributed by atoms with van der Waals surface area (Å²) in [5.74, 6) is -0.149. The molecule has 15 heavy (non-hydrogen) atoms. The molecule has 0 saturated carbocycles. The Bertz CT molecular complexity index is 298. The largest absolute Gasteiger partial charge is 0.356 e. The van der Waals surface area contributed by atoms with Crippen molar-refractivity contribution >= 4 is 0 Å². The Kier molecular flexibility index (Phi) is 3.74. The minimum absolute atomic E-state index is 0.149. The third kappa shape index (κ3) is 2.96. The van der Waals surface area contributed by atoms with E-state index in [-0.39, 0.29) is 18.0 Å². The van der Waals surface area contributed by atoms with E-state index in [0.29, 0.717) is 0 Å². The van der Waals surface area contributed by atoms with Crippen LogP contribution in [0.2, 0.25) is 0 Å². The van der Waals surface area contributed by atoms with Crippen LogP contribution in [0.4, 0.5) is 13.3 Å². The van der Waals surface area contributed by atoms with Crippen molar-refractivity contribution in [2.45, 2.75) is 19.9 Å². The van der Waals surface area contributed by atoms with Gasteiger partial charge in [-0.05, 0) is 5.92 Å². The quantitative estimate of drug-likeness (QED) is 0.550. The van der Waals surface area contributed by atoms with Crippen molar-refractivity contribution in [1.82, 2.24) is 5.12 Å². The number of alkyl halides is 2. The number of rotatable bonds is 4. The molecule has 0 fully saturated rings. The van der Waals surface area contributed by atoms with Crippen LogP contribution >= 0.6 is 0 Å². The maximum Gasteiger partial charge on any atom is 0.356 e. The van der Waals surface area contributed by atoms with Crippen LogP contribution in [0.5, 0.6) is 0 Å². The van der Waals surface area contributed by atoms with Crippen LogP contribution in [0.25, 0.3) is 0 Å². The summed E-state index contributed by atoms with van der Waals surface area (Å²) in [7, 11) is 0. The van der Waals surface area contributed by atoms with Crippen LogP contribution in [0.1, 0.15) is 19.4 Å². The van der Waals surface area contributed by atoms with Gasteiger partial charge in [-0.2, -0.15) is 8.78 Å². The van der Waals surface area contributed by atoms with Crippen molar-refractivity contribution in [3.05, 3.63) is 35.9 Å². The van der Waals surface area contributed by atoms with Crippen molar-refractivity contribution in [3.8, 4) is 0 Å². The van der Waals surface area contributed by atoms with Gasteiger partial charge in [0, 0.05) is 12.1 Å². The van der Waals surface area contributed by atoms with Crippen molar-refractivity contribution in [3.63, 3.8) is 0 Å². The molecular weight excluding hydrogens is 203 g/mol. The molecule has 0 amide bonds. The molecule has 0 aliphatic heterocycles. The Morgan fingerprint density at radius 1 is 1.20 bits per heavy atom. The zero-order valence-corrected chi connectivity index (χ0v) is 8.75. The normalized spacial score (nSPS) is 12.5. The van der Waals surface area contributed by atoms with E-state index in [2.05, 4.69) is 0 Å². The predicted octanol–water partition coefficient (Wildman–Crippen LogP) is 3.58. The third-order valence-electron chi connectivity index (χ3n) is 1.95. The molecule has 0 bridgehead atoms. The summed E-state index contributed by atoms with van der Waals surface area (Å²) in [5, 5.41) is -0.410. The Hall–Kier alpha value is -1.03. The molecule has 0 N–H and O–H groups in total. The molecule has 0 heterocycles. The second-order valence-corrected chi connectivity index (χ2v) is 3.85. The molecule has 4 heteroatoms. The SMILES string of the molecule is CC(C)CN(F)C(F)(F)c1ccccc1. The van der Waals surface area contributed by atoms with Crippen molar-refractivity contribution in [1.29, 1.82) is 0 Å². The lowest BCUT2D eigenvalue weighted by atomic mass is 10.1. The molecular formula is C11H14F3N. The van der Waals surface area contributed by atoms with E-state index in [4.69, 9.17) is 0 Å². The highest BCUT2D eigenvalue weighted by Gasteiger charge is 2.40. The first kappa shape index (κ1) is 12.0. The molecule has 1 rings (SSSR count). The highest BCUT2D eigenvalue weighted by molar-refractivity contribution is 5.18. The first-order valence-electron chi connectivity index (χ1n) is 4.81. The fraction of sp³-hybridized carbons (Fsp3) is 0.455. The van der Waals surface area contributed by atoms with Crippen molar-refractivity contribution in [2.75, 3.05) is 6.54 Å². The molecule has 0 aliphatic rings. The van der Waals surface area contributed by atoms with Gasteiger partial charge < -0.3 is 0 Å². The summed E-state index contributed by atoms with van der Waals surface area (Å²) in [6, 6.07) is 3.43. The summed E-state index contributed by atoms with van der Waals surface area (Å²) in [4.78, 5) is 0. The molecule has 0 spiro atoms. The van der Waals surface area contributed by atoms with Crippen molar-refractivity contribution < 1.29 is 13.3 Å². The Balaban J connectivity index is 2.82. The minimum atomic E-state index is -3.55. The van der Waals surface area contributed by atoms with Gasteiger partial charge in [0.05, 0.1) is 0 Å². The zero-order chi connectivity index (χ0) is 11.5. The molecule has 0 radical (unpaired) electrons. The first-order chi connectivity index (χ1) is 6.94. The van der Waals surface area contributed by atoms with Gasteiger partial charge in [0.15, 0.2) is 0 Å². The Morgan fingerprint density at radius 3 is 2.20 bits per heavy atom. The summed E-state index contributed by atoms with van der Waals surface area (Å²) in [6.07, 6.45) is 0. The predicted molar refractivity (Wildman–Crippen MR) is 53.0 cm³/mol. The molecule has 1 aromatic rings. The molecule has 0 atom stereocenters.